The van der Waals surface area contributed by atoms with Crippen LogP contribution >= 0.6 is 15.8 Å². The van der Waals surface area contributed by atoms with Gasteiger partial charge in [-0.3, -0.25) is 0 Å². The van der Waals surface area contributed by atoms with E-state index in [2.05, 4.69) is 89.7 Å². The topological polar surface area (TPSA) is 51.4 Å². The first-order valence-corrected chi connectivity index (χ1v) is 11.8. The molecule has 0 aliphatic carbocycles. The van der Waals surface area contributed by atoms with Gasteiger partial charge in [-0.2, -0.15) is 0 Å². The molecule has 0 heterocycles. The molecule has 0 aliphatic heterocycles. The Labute approximate surface area is 169 Å². The summed E-state index contributed by atoms with van der Waals surface area (Å²) in [5, 5.41) is 0. The summed E-state index contributed by atoms with van der Waals surface area (Å²) in [6, 6.07) is 0. The van der Waals surface area contributed by atoms with Gasteiger partial charge in [0.15, 0.2) is 0 Å². The SMILES string of the molecule is CC(C)P(C(C)C)C(C)C.CC(C)P(C(C)C)C(C)C.O.[C-]#[O+].[Rh]. The molecule has 0 spiro atoms. The Hall–Kier alpha value is 1.18. The third-order valence-corrected chi connectivity index (χ3v) is 10.7. The predicted molar refractivity (Wildman–Crippen MR) is 112 cm³/mol. The van der Waals surface area contributed by atoms with Crippen molar-refractivity contribution in [3.63, 3.8) is 0 Å². The van der Waals surface area contributed by atoms with Crippen LogP contribution in [0.5, 0.6) is 0 Å². The molecule has 0 saturated carbocycles. The molecule has 0 rings (SSSR count). The third kappa shape index (κ3) is 18.0. The average molecular weight is 469 g/mol. The van der Waals surface area contributed by atoms with E-state index in [-0.39, 0.29) is 40.8 Å². The van der Waals surface area contributed by atoms with Gasteiger partial charge in [0.25, 0.3) is 0 Å². The van der Waals surface area contributed by atoms with Gasteiger partial charge in [0.1, 0.15) is 0 Å². The minimum absolute atomic E-state index is 0. The Kier molecular flexibility index (Phi) is 30.9. The van der Waals surface area contributed by atoms with Crippen LogP contribution in [0.15, 0.2) is 0 Å². The smallest absolute Gasteiger partial charge is 0 e. The summed E-state index contributed by atoms with van der Waals surface area (Å²) in [4.78, 5) is 0. The first-order valence-electron chi connectivity index (χ1n) is 8.68. The standard InChI is InChI=1S/2C9H21P.CO.H2O.Rh/c2*1-7(2)10(8(3)4)9(5)6;1-2;;/h2*7-9H,1-6H3;;1H2;. The normalized spacial score (nSPS) is 10.6. The van der Waals surface area contributed by atoms with Crippen molar-refractivity contribution >= 4 is 15.8 Å². The first-order chi connectivity index (χ1) is 9.93. The minimum Gasteiger partial charge on any atom is 0 e. The second-order valence-corrected chi connectivity index (χ2v) is 15.4. The molecule has 0 unspecified atom stereocenters. The van der Waals surface area contributed by atoms with E-state index in [1.807, 2.05) is 0 Å². The summed E-state index contributed by atoms with van der Waals surface area (Å²) in [5.41, 5.74) is 5.39. The molecule has 0 fully saturated rings. The van der Waals surface area contributed by atoms with Gasteiger partial charge in [0, 0.05) is 19.5 Å². The zero-order chi connectivity index (χ0) is 18.6. The van der Waals surface area contributed by atoms with Crippen LogP contribution in [0.1, 0.15) is 83.1 Å². The van der Waals surface area contributed by atoms with E-state index in [1.165, 1.54) is 0 Å². The van der Waals surface area contributed by atoms with Gasteiger partial charge in [-0.1, -0.05) is 98.9 Å². The van der Waals surface area contributed by atoms with Crippen molar-refractivity contribution in [1.29, 1.82) is 0 Å². The molecule has 0 amide bonds. The molecule has 0 aromatic heterocycles. The van der Waals surface area contributed by atoms with Crippen molar-refractivity contribution in [2.75, 3.05) is 0 Å². The van der Waals surface area contributed by atoms with Gasteiger partial charge in [0.05, 0.1) is 0 Å². The van der Waals surface area contributed by atoms with Crippen LogP contribution in [0.3, 0.4) is 0 Å². The molecule has 2 N–H and O–H groups in total. The molecule has 151 valence electrons. The molecule has 2 nitrogen and oxygen atoms in total. The summed E-state index contributed by atoms with van der Waals surface area (Å²) in [7, 11) is 0.525. The maximum absolute atomic E-state index is 7.50. The maximum Gasteiger partial charge on any atom is 0 e. The summed E-state index contributed by atoms with van der Waals surface area (Å²) in [5.74, 6) is 0. The molecule has 24 heavy (non-hydrogen) atoms. The van der Waals surface area contributed by atoms with E-state index in [0.717, 1.165) is 34.0 Å². The molecule has 0 aliphatic rings. The molecule has 5 heteroatoms. The van der Waals surface area contributed by atoms with E-state index in [1.54, 1.807) is 0 Å². The summed E-state index contributed by atoms with van der Waals surface area (Å²) in [6.45, 7) is 32.7. The van der Waals surface area contributed by atoms with Gasteiger partial charge in [-0.05, 0) is 34.0 Å². The third-order valence-electron chi connectivity index (χ3n) is 3.58. The van der Waals surface area contributed by atoms with Crippen LogP contribution < -0.4 is 0 Å². The Bertz CT molecular complexity index is 203. The minimum atomic E-state index is 0. The quantitative estimate of drug-likeness (QED) is 0.184. The van der Waals surface area contributed by atoms with Gasteiger partial charge in [-0.25, -0.2) is 0 Å². The molecule has 0 aromatic carbocycles. The second-order valence-electron chi connectivity index (χ2n) is 7.46. The van der Waals surface area contributed by atoms with Crippen LogP contribution in [-0.2, 0) is 24.1 Å². The molecule has 0 saturated heterocycles. The van der Waals surface area contributed by atoms with Crippen molar-refractivity contribution in [2.24, 2.45) is 0 Å². The largest absolute Gasteiger partial charge is 0 e. The fourth-order valence-corrected chi connectivity index (χ4v) is 10.7. The molecular weight excluding hydrogens is 425 g/mol. The molecular formula is C19H44O2P2Rh. The zero-order valence-electron chi connectivity index (χ0n) is 18.1. The van der Waals surface area contributed by atoms with Crippen molar-refractivity contribution in [1.82, 2.24) is 0 Å². The van der Waals surface area contributed by atoms with Crippen molar-refractivity contribution in [3.05, 3.63) is 6.65 Å². The van der Waals surface area contributed by atoms with E-state index < -0.39 is 0 Å². The van der Waals surface area contributed by atoms with Crippen molar-refractivity contribution < 1.29 is 29.6 Å². The molecule has 1 radical (unpaired) electrons. The van der Waals surface area contributed by atoms with Crippen molar-refractivity contribution in [2.45, 2.75) is 117 Å². The molecule has 0 bridgehead atoms. The van der Waals surface area contributed by atoms with E-state index in [0.29, 0.717) is 0 Å². The first kappa shape index (κ1) is 36.2. The van der Waals surface area contributed by atoms with Crippen LogP contribution in [0, 0.1) is 6.65 Å². The van der Waals surface area contributed by atoms with Crippen LogP contribution in [0.25, 0.3) is 0 Å². The van der Waals surface area contributed by atoms with E-state index in [9.17, 15) is 0 Å². The van der Waals surface area contributed by atoms with Gasteiger partial charge >= 0.3 is 11.3 Å². The second kappa shape index (κ2) is 20.5. The Morgan fingerprint density at radius 1 is 0.458 bits per heavy atom. The monoisotopic (exact) mass is 469 g/mol. The summed E-state index contributed by atoms with van der Waals surface area (Å²) < 4.78 is 7.50. The average Bonchev–Trinajstić information content (AvgIpc) is 2.28. The van der Waals surface area contributed by atoms with E-state index >= 15 is 0 Å². The Morgan fingerprint density at radius 3 is 0.542 bits per heavy atom. The fourth-order valence-electron chi connectivity index (χ4n) is 3.58. The van der Waals surface area contributed by atoms with Gasteiger partial charge in [0.2, 0.25) is 0 Å². The number of hydrogen-bond acceptors (Lipinski definition) is 0. The van der Waals surface area contributed by atoms with Crippen LogP contribution in [0.2, 0.25) is 0 Å². The number of rotatable bonds is 6. The van der Waals surface area contributed by atoms with E-state index in [4.69, 9.17) is 4.65 Å². The van der Waals surface area contributed by atoms with Crippen molar-refractivity contribution in [3.8, 4) is 0 Å². The van der Waals surface area contributed by atoms with Gasteiger partial charge in [-0.15, -0.1) is 0 Å². The van der Waals surface area contributed by atoms with Crippen LogP contribution in [-0.4, -0.2) is 39.4 Å². The Balaban J connectivity index is -0.0000000843. The molecule has 0 atom stereocenters. The summed E-state index contributed by atoms with van der Waals surface area (Å²) >= 11 is 0. The maximum atomic E-state index is 7.50. The van der Waals surface area contributed by atoms with Crippen LogP contribution in [0.4, 0.5) is 0 Å². The van der Waals surface area contributed by atoms with Gasteiger partial charge < -0.3 is 5.48 Å². The number of hydrogen-bond donors (Lipinski definition) is 0. The predicted octanol–water partition coefficient (Wildman–Crippen LogP) is 6.52. The summed E-state index contributed by atoms with van der Waals surface area (Å²) in [6.07, 6.45) is 0. The fraction of sp³-hybridized carbons (Fsp3) is 0.947. The zero-order valence-corrected chi connectivity index (χ0v) is 21.5. The Morgan fingerprint density at radius 2 is 0.542 bits per heavy atom. The molecule has 0 aromatic rings.